The van der Waals surface area contributed by atoms with Gasteiger partial charge in [-0.25, -0.2) is 14.0 Å². The van der Waals surface area contributed by atoms with Crippen molar-refractivity contribution in [3.8, 4) is 5.75 Å². The molecule has 0 bridgehead atoms. The van der Waals surface area contributed by atoms with Crippen molar-refractivity contribution in [2.24, 2.45) is 0 Å². The normalized spacial score (nSPS) is 16.5. The molecule has 1 aliphatic heterocycles. The Morgan fingerprint density at radius 3 is 2.62 bits per heavy atom. The summed E-state index contributed by atoms with van der Waals surface area (Å²) in [7, 11) is 1.53. The summed E-state index contributed by atoms with van der Waals surface area (Å²) in [6.07, 6.45) is 0. The van der Waals surface area contributed by atoms with Crippen LogP contribution in [0.2, 0.25) is 5.02 Å². The molecule has 0 aliphatic carbocycles. The average molecular weight is 419 g/mol. The van der Waals surface area contributed by atoms with E-state index < -0.39 is 23.9 Å². The summed E-state index contributed by atoms with van der Waals surface area (Å²) < 4.78 is 24.3. The minimum atomic E-state index is -0.795. The number of hydrogen-bond acceptors (Lipinski definition) is 4. The second-order valence-corrected chi connectivity index (χ2v) is 6.76. The van der Waals surface area contributed by atoms with E-state index in [1.807, 2.05) is 0 Å². The molecule has 0 unspecified atom stereocenters. The minimum absolute atomic E-state index is 0.0594. The Labute approximate surface area is 172 Å². The molecule has 0 saturated heterocycles. The standard InChI is InChI=1S/C21H20ClFN2O4/c1-3-28-20(26)18-17(12-29-16-6-4-5-14(22)11-16)25(2)21(27)24-19(18)13-7-9-15(23)10-8-13/h4-11,19H,3,12H2,1-2H3,(H,24,27)/t19-/m1/s1. The van der Waals surface area contributed by atoms with Gasteiger partial charge >= 0.3 is 12.0 Å². The van der Waals surface area contributed by atoms with Gasteiger partial charge in [0.2, 0.25) is 0 Å². The lowest BCUT2D eigenvalue weighted by atomic mass is 9.94. The molecular formula is C21H20ClFN2O4. The summed E-state index contributed by atoms with van der Waals surface area (Å²) in [4.78, 5) is 26.6. The zero-order valence-corrected chi connectivity index (χ0v) is 16.7. The molecule has 2 aromatic rings. The maximum absolute atomic E-state index is 13.4. The fourth-order valence-corrected chi connectivity index (χ4v) is 3.18. The summed E-state index contributed by atoms with van der Waals surface area (Å²) >= 11 is 5.98. The van der Waals surface area contributed by atoms with Crippen LogP contribution in [0.4, 0.5) is 9.18 Å². The molecule has 152 valence electrons. The van der Waals surface area contributed by atoms with E-state index in [2.05, 4.69) is 5.32 Å². The van der Waals surface area contributed by atoms with Crippen molar-refractivity contribution in [1.82, 2.24) is 10.2 Å². The highest BCUT2D eigenvalue weighted by Gasteiger charge is 2.37. The van der Waals surface area contributed by atoms with Crippen molar-refractivity contribution in [3.05, 3.63) is 76.2 Å². The van der Waals surface area contributed by atoms with Gasteiger partial charge in [-0.2, -0.15) is 0 Å². The van der Waals surface area contributed by atoms with Gasteiger partial charge < -0.3 is 14.8 Å². The number of hydrogen-bond donors (Lipinski definition) is 1. The Balaban J connectivity index is 2.02. The molecular weight excluding hydrogens is 399 g/mol. The molecule has 6 nitrogen and oxygen atoms in total. The van der Waals surface area contributed by atoms with Gasteiger partial charge in [-0.15, -0.1) is 0 Å². The van der Waals surface area contributed by atoms with Gasteiger partial charge in [0.05, 0.1) is 23.9 Å². The monoisotopic (exact) mass is 418 g/mol. The Morgan fingerprint density at radius 2 is 1.97 bits per heavy atom. The Morgan fingerprint density at radius 1 is 1.24 bits per heavy atom. The van der Waals surface area contributed by atoms with Crippen LogP contribution in [0.15, 0.2) is 59.8 Å². The maximum atomic E-state index is 13.4. The van der Waals surface area contributed by atoms with Gasteiger partial charge in [0.15, 0.2) is 0 Å². The van der Waals surface area contributed by atoms with Crippen molar-refractivity contribution in [3.63, 3.8) is 0 Å². The van der Waals surface area contributed by atoms with E-state index in [9.17, 15) is 14.0 Å². The van der Waals surface area contributed by atoms with Crippen LogP contribution in [-0.2, 0) is 9.53 Å². The molecule has 0 aromatic heterocycles. The average Bonchev–Trinajstić information content (AvgIpc) is 2.69. The van der Waals surface area contributed by atoms with Crippen LogP contribution in [0.5, 0.6) is 5.75 Å². The summed E-state index contributed by atoms with van der Waals surface area (Å²) in [6.45, 7) is 1.80. The first-order valence-corrected chi connectivity index (χ1v) is 9.36. The molecule has 2 amide bonds. The highest BCUT2D eigenvalue weighted by atomic mass is 35.5. The van der Waals surface area contributed by atoms with Gasteiger partial charge in [0.25, 0.3) is 0 Å². The van der Waals surface area contributed by atoms with Crippen LogP contribution in [-0.4, -0.2) is 37.2 Å². The smallest absolute Gasteiger partial charge is 0.338 e. The summed E-state index contributed by atoms with van der Waals surface area (Å²) in [6, 6.07) is 11.1. The SMILES string of the molecule is CCOC(=O)C1=C(COc2cccc(Cl)c2)N(C)C(=O)N[C@@H]1c1ccc(F)cc1. The van der Waals surface area contributed by atoms with E-state index in [1.54, 1.807) is 31.2 Å². The van der Waals surface area contributed by atoms with E-state index in [1.165, 1.54) is 36.2 Å². The van der Waals surface area contributed by atoms with Crippen LogP contribution in [0, 0.1) is 5.82 Å². The highest BCUT2D eigenvalue weighted by Crippen LogP contribution is 2.31. The molecule has 1 heterocycles. The van der Waals surface area contributed by atoms with Gasteiger partial charge in [0.1, 0.15) is 18.2 Å². The van der Waals surface area contributed by atoms with E-state index in [-0.39, 0.29) is 18.8 Å². The molecule has 29 heavy (non-hydrogen) atoms. The van der Waals surface area contributed by atoms with Crippen molar-refractivity contribution < 1.29 is 23.5 Å². The van der Waals surface area contributed by atoms with Crippen LogP contribution in [0.1, 0.15) is 18.5 Å². The number of benzene rings is 2. The fourth-order valence-electron chi connectivity index (χ4n) is 3.00. The molecule has 1 N–H and O–H groups in total. The van der Waals surface area contributed by atoms with Crippen molar-refractivity contribution in [2.75, 3.05) is 20.3 Å². The van der Waals surface area contributed by atoms with Crippen LogP contribution < -0.4 is 10.1 Å². The number of amides is 2. The van der Waals surface area contributed by atoms with E-state index in [0.29, 0.717) is 22.0 Å². The number of nitrogens with one attached hydrogen (secondary N) is 1. The number of nitrogens with zero attached hydrogens (tertiary/aromatic N) is 1. The second-order valence-electron chi connectivity index (χ2n) is 6.32. The Hall–Kier alpha value is -3.06. The molecule has 1 aliphatic rings. The number of carbonyl (C=O) groups excluding carboxylic acids is 2. The number of halogens is 2. The topological polar surface area (TPSA) is 67.9 Å². The fraction of sp³-hybridized carbons (Fsp3) is 0.238. The molecule has 0 radical (unpaired) electrons. The van der Waals surface area contributed by atoms with E-state index >= 15 is 0 Å². The third-order valence-electron chi connectivity index (χ3n) is 4.45. The molecule has 8 heteroatoms. The number of carbonyl (C=O) groups is 2. The van der Waals surface area contributed by atoms with Crippen LogP contribution >= 0.6 is 11.6 Å². The molecule has 0 saturated carbocycles. The predicted molar refractivity (Wildman–Crippen MR) is 106 cm³/mol. The number of urea groups is 1. The third-order valence-corrected chi connectivity index (χ3v) is 4.68. The second kappa shape index (κ2) is 8.96. The summed E-state index contributed by atoms with van der Waals surface area (Å²) in [5.74, 6) is -0.511. The summed E-state index contributed by atoms with van der Waals surface area (Å²) in [5, 5.41) is 3.26. The quantitative estimate of drug-likeness (QED) is 0.718. The molecule has 1 atom stereocenters. The van der Waals surface area contributed by atoms with E-state index in [4.69, 9.17) is 21.1 Å². The lowest BCUT2D eigenvalue weighted by molar-refractivity contribution is -0.139. The summed E-state index contributed by atoms with van der Waals surface area (Å²) in [5.41, 5.74) is 1.13. The lowest BCUT2D eigenvalue weighted by Crippen LogP contribution is -2.48. The van der Waals surface area contributed by atoms with Crippen molar-refractivity contribution >= 4 is 23.6 Å². The van der Waals surface area contributed by atoms with Crippen molar-refractivity contribution in [1.29, 1.82) is 0 Å². The molecule has 2 aromatic carbocycles. The first-order chi connectivity index (χ1) is 13.9. The molecule has 0 fully saturated rings. The zero-order chi connectivity index (χ0) is 21.0. The largest absolute Gasteiger partial charge is 0.487 e. The number of esters is 1. The van der Waals surface area contributed by atoms with Crippen LogP contribution in [0.25, 0.3) is 0 Å². The maximum Gasteiger partial charge on any atom is 0.338 e. The van der Waals surface area contributed by atoms with Crippen LogP contribution in [0.3, 0.4) is 0 Å². The van der Waals surface area contributed by atoms with Gasteiger partial charge in [-0.05, 0) is 42.8 Å². The predicted octanol–water partition coefficient (Wildman–Crippen LogP) is 4.07. The minimum Gasteiger partial charge on any atom is -0.487 e. The molecule has 0 spiro atoms. The van der Waals surface area contributed by atoms with Gasteiger partial charge in [0, 0.05) is 12.1 Å². The Bertz CT molecular complexity index is 946. The van der Waals surface area contributed by atoms with Gasteiger partial charge in [-0.1, -0.05) is 29.8 Å². The van der Waals surface area contributed by atoms with Crippen molar-refractivity contribution in [2.45, 2.75) is 13.0 Å². The third kappa shape index (κ3) is 4.68. The van der Waals surface area contributed by atoms with E-state index in [0.717, 1.165) is 0 Å². The first-order valence-electron chi connectivity index (χ1n) is 8.99. The number of ether oxygens (including phenoxy) is 2. The first kappa shape index (κ1) is 20.7. The van der Waals surface area contributed by atoms with Gasteiger partial charge in [-0.3, -0.25) is 4.90 Å². The number of rotatable bonds is 6. The molecule has 3 rings (SSSR count). The number of likely N-dealkylation sites (N-methyl/N-ethyl adjacent to an activating group) is 1. The highest BCUT2D eigenvalue weighted by molar-refractivity contribution is 6.30. The Kier molecular flexibility index (Phi) is 6.39. The lowest BCUT2D eigenvalue weighted by Gasteiger charge is -2.34. The zero-order valence-electron chi connectivity index (χ0n) is 15.9.